The van der Waals surface area contributed by atoms with Crippen molar-refractivity contribution in [3.8, 4) is 0 Å². The van der Waals surface area contributed by atoms with Gasteiger partial charge in [-0.1, -0.05) is 36.0 Å². The molecule has 6 heteroatoms. The molecule has 1 saturated heterocycles. The van der Waals surface area contributed by atoms with E-state index in [1.165, 1.54) is 11.8 Å². The lowest BCUT2D eigenvalue weighted by Crippen LogP contribution is -2.50. The van der Waals surface area contributed by atoms with Gasteiger partial charge in [0.1, 0.15) is 0 Å². The third kappa shape index (κ3) is 3.82. The Morgan fingerprint density at radius 2 is 1.74 bits per heavy atom. The maximum absolute atomic E-state index is 12.3. The molecular formula is C17H19N3O2S. The second-order valence-corrected chi connectivity index (χ2v) is 6.51. The van der Waals surface area contributed by atoms with Crippen molar-refractivity contribution in [2.45, 2.75) is 11.9 Å². The van der Waals surface area contributed by atoms with Crippen LogP contribution in [0.1, 0.15) is 6.92 Å². The highest BCUT2D eigenvalue weighted by atomic mass is 32.2. The quantitative estimate of drug-likeness (QED) is 0.809. The lowest BCUT2D eigenvalue weighted by Gasteiger charge is -2.34. The van der Waals surface area contributed by atoms with Crippen LogP contribution in [0.5, 0.6) is 0 Å². The molecule has 0 radical (unpaired) electrons. The summed E-state index contributed by atoms with van der Waals surface area (Å²) in [4.78, 5) is 31.8. The van der Waals surface area contributed by atoms with E-state index in [1.54, 1.807) is 11.8 Å². The van der Waals surface area contributed by atoms with Crippen molar-refractivity contribution in [1.29, 1.82) is 0 Å². The third-order valence-electron chi connectivity index (χ3n) is 3.99. The van der Waals surface area contributed by atoms with Gasteiger partial charge in [0.25, 0.3) is 0 Å². The maximum Gasteiger partial charge on any atom is 0.233 e. The minimum Gasteiger partial charge on any atom is -0.339 e. The Morgan fingerprint density at radius 3 is 2.48 bits per heavy atom. The Labute approximate surface area is 139 Å². The molecule has 2 aromatic rings. The summed E-state index contributed by atoms with van der Waals surface area (Å²) >= 11 is 1.46. The van der Waals surface area contributed by atoms with E-state index < -0.39 is 0 Å². The van der Waals surface area contributed by atoms with Crippen molar-refractivity contribution in [3.63, 3.8) is 0 Å². The molecule has 1 aromatic heterocycles. The smallest absolute Gasteiger partial charge is 0.233 e. The van der Waals surface area contributed by atoms with Gasteiger partial charge in [-0.15, -0.1) is 0 Å². The number of carbonyl (C=O) groups excluding carboxylic acids is 2. The molecule has 2 amide bonds. The molecule has 2 heterocycles. The van der Waals surface area contributed by atoms with Gasteiger partial charge in [0.05, 0.1) is 16.3 Å². The molecule has 0 atom stereocenters. The van der Waals surface area contributed by atoms with Crippen LogP contribution >= 0.6 is 11.8 Å². The fourth-order valence-corrected chi connectivity index (χ4v) is 3.41. The van der Waals surface area contributed by atoms with Crippen LogP contribution in [0.2, 0.25) is 0 Å². The zero-order valence-electron chi connectivity index (χ0n) is 13.1. The summed E-state index contributed by atoms with van der Waals surface area (Å²) in [7, 11) is 0. The molecule has 0 aliphatic carbocycles. The minimum absolute atomic E-state index is 0.0758. The van der Waals surface area contributed by atoms with Crippen LogP contribution < -0.4 is 0 Å². The number of carbonyl (C=O) groups is 2. The lowest BCUT2D eigenvalue weighted by molar-refractivity contribution is -0.136. The number of hydrogen-bond acceptors (Lipinski definition) is 4. The predicted octanol–water partition coefficient (Wildman–Crippen LogP) is 2.02. The average Bonchev–Trinajstić information content (AvgIpc) is 2.59. The van der Waals surface area contributed by atoms with Gasteiger partial charge in [0.2, 0.25) is 11.8 Å². The Kier molecular flexibility index (Phi) is 4.81. The topological polar surface area (TPSA) is 53.5 Å². The van der Waals surface area contributed by atoms with Gasteiger partial charge >= 0.3 is 0 Å². The zero-order chi connectivity index (χ0) is 16.2. The molecule has 0 bridgehead atoms. The molecule has 1 aliphatic rings. The number of rotatable bonds is 3. The van der Waals surface area contributed by atoms with Crippen molar-refractivity contribution in [2.24, 2.45) is 0 Å². The molecule has 1 aromatic carbocycles. The summed E-state index contributed by atoms with van der Waals surface area (Å²) in [6.45, 7) is 4.05. The van der Waals surface area contributed by atoms with E-state index >= 15 is 0 Å². The van der Waals surface area contributed by atoms with E-state index in [-0.39, 0.29) is 11.8 Å². The Hall–Kier alpha value is -2.08. The van der Waals surface area contributed by atoms with Crippen molar-refractivity contribution in [1.82, 2.24) is 14.8 Å². The monoisotopic (exact) mass is 329 g/mol. The number of nitrogens with zero attached hydrogens (tertiary/aromatic N) is 3. The fourth-order valence-electron chi connectivity index (χ4n) is 2.63. The van der Waals surface area contributed by atoms with Crippen molar-refractivity contribution in [3.05, 3.63) is 36.4 Å². The first kappa shape index (κ1) is 15.8. The Morgan fingerprint density at radius 1 is 1.04 bits per heavy atom. The van der Waals surface area contributed by atoms with Crippen molar-refractivity contribution >= 4 is 34.5 Å². The number of hydrogen-bond donors (Lipinski definition) is 0. The molecule has 1 fully saturated rings. The first-order valence-electron chi connectivity index (χ1n) is 7.65. The number of benzene rings is 1. The number of pyridine rings is 1. The van der Waals surface area contributed by atoms with Gasteiger partial charge in [0.15, 0.2) is 0 Å². The second-order valence-electron chi connectivity index (χ2n) is 5.52. The molecule has 5 nitrogen and oxygen atoms in total. The lowest BCUT2D eigenvalue weighted by atomic mass is 10.2. The van der Waals surface area contributed by atoms with Crippen molar-refractivity contribution in [2.75, 3.05) is 31.9 Å². The maximum atomic E-state index is 12.3. The van der Waals surface area contributed by atoms with Crippen LogP contribution in [0.4, 0.5) is 0 Å². The highest BCUT2D eigenvalue weighted by Gasteiger charge is 2.22. The van der Waals surface area contributed by atoms with Gasteiger partial charge in [-0.25, -0.2) is 4.98 Å². The molecule has 23 heavy (non-hydrogen) atoms. The zero-order valence-corrected chi connectivity index (χ0v) is 13.9. The number of aromatic nitrogens is 1. The highest BCUT2D eigenvalue weighted by molar-refractivity contribution is 7.99. The van der Waals surface area contributed by atoms with Crippen LogP contribution in [0.3, 0.4) is 0 Å². The summed E-state index contributed by atoms with van der Waals surface area (Å²) < 4.78 is 0. The molecule has 3 rings (SSSR count). The van der Waals surface area contributed by atoms with E-state index in [4.69, 9.17) is 0 Å². The molecule has 120 valence electrons. The number of para-hydroxylation sites is 1. The number of fused-ring (bicyclic) bond motifs is 1. The van der Waals surface area contributed by atoms with E-state index in [2.05, 4.69) is 4.98 Å². The van der Waals surface area contributed by atoms with E-state index in [0.717, 1.165) is 15.9 Å². The van der Waals surface area contributed by atoms with Crippen LogP contribution in [0, 0.1) is 0 Å². The van der Waals surface area contributed by atoms with Gasteiger partial charge in [0, 0.05) is 38.5 Å². The van der Waals surface area contributed by atoms with Gasteiger partial charge in [-0.3, -0.25) is 9.59 Å². The summed E-state index contributed by atoms with van der Waals surface area (Å²) in [5.41, 5.74) is 0.944. The number of amides is 2. The molecule has 0 spiro atoms. The van der Waals surface area contributed by atoms with Gasteiger partial charge < -0.3 is 9.80 Å². The van der Waals surface area contributed by atoms with Crippen LogP contribution in [0.15, 0.2) is 41.4 Å². The summed E-state index contributed by atoms with van der Waals surface area (Å²) in [5, 5.41) is 1.96. The van der Waals surface area contributed by atoms with Gasteiger partial charge in [-0.05, 0) is 12.1 Å². The molecule has 0 N–H and O–H groups in total. The summed E-state index contributed by atoms with van der Waals surface area (Å²) in [5.74, 6) is 0.561. The van der Waals surface area contributed by atoms with Crippen LogP contribution in [-0.4, -0.2) is 58.5 Å². The van der Waals surface area contributed by atoms with E-state index in [9.17, 15) is 9.59 Å². The summed E-state index contributed by atoms with van der Waals surface area (Å²) in [6.07, 6.45) is 0. The molecule has 1 aliphatic heterocycles. The van der Waals surface area contributed by atoms with E-state index in [1.807, 2.05) is 41.3 Å². The second kappa shape index (κ2) is 7.00. The largest absolute Gasteiger partial charge is 0.339 e. The molecule has 0 saturated carbocycles. The Balaban J connectivity index is 1.55. The predicted molar refractivity (Wildman–Crippen MR) is 91.3 cm³/mol. The Bertz CT molecular complexity index is 727. The average molecular weight is 329 g/mol. The van der Waals surface area contributed by atoms with Crippen molar-refractivity contribution < 1.29 is 9.59 Å². The first-order valence-corrected chi connectivity index (χ1v) is 8.64. The third-order valence-corrected chi connectivity index (χ3v) is 4.91. The minimum atomic E-state index is 0.0758. The van der Waals surface area contributed by atoms with Crippen LogP contribution in [-0.2, 0) is 9.59 Å². The van der Waals surface area contributed by atoms with Gasteiger partial charge in [-0.2, -0.15) is 0 Å². The summed E-state index contributed by atoms with van der Waals surface area (Å²) in [6, 6.07) is 11.9. The fraction of sp³-hybridized carbons (Fsp3) is 0.353. The van der Waals surface area contributed by atoms with Crippen LogP contribution in [0.25, 0.3) is 10.9 Å². The number of thioether (sulfide) groups is 1. The molecular weight excluding hydrogens is 310 g/mol. The number of piperazine rings is 1. The normalized spacial score (nSPS) is 15.0. The SMILES string of the molecule is CC(=O)N1CCN(C(=O)CSc2ccc3ccccc3n2)CC1. The van der Waals surface area contributed by atoms with E-state index in [0.29, 0.717) is 31.9 Å². The molecule has 0 unspecified atom stereocenters. The highest BCUT2D eigenvalue weighted by Crippen LogP contribution is 2.20. The first-order chi connectivity index (χ1) is 11.1. The standard InChI is InChI=1S/C17H19N3O2S/c1-13(21)19-8-10-20(11-9-19)17(22)12-23-16-7-6-14-4-2-3-5-15(14)18-16/h2-7H,8-12H2,1H3.